The van der Waals surface area contributed by atoms with Gasteiger partial charge in [0.25, 0.3) is 0 Å². The lowest BCUT2D eigenvalue weighted by atomic mass is 10.1. The van der Waals surface area contributed by atoms with E-state index >= 15 is 0 Å². The monoisotopic (exact) mass is 469 g/mol. The van der Waals surface area contributed by atoms with Crippen molar-refractivity contribution in [3.8, 4) is 5.69 Å². The van der Waals surface area contributed by atoms with Crippen molar-refractivity contribution in [3.63, 3.8) is 0 Å². The van der Waals surface area contributed by atoms with E-state index in [1.807, 2.05) is 30.3 Å². The predicted octanol–water partition coefficient (Wildman–Crippen LogP) is 4.47. The Hall–Kier alpha value is -3.03. The molecule has 0 N–H and O–H groups in total. The predicted molar refractivity (Wildman–Crippen MR) is 92.6 cm³/mol. The molecule has 2 aromatic carbocycles. The number of rotatable bonds is 3. The molecule has 1 aromatic heterocycles. The summed E-state index contributed by atoms with van der Waals surface area (Å²) >= 11 is 0. The quantitative estimate of drug-likeness (QED) is 0.187. The van der Waals surface area contributed by atoms with Gasteiger partial charge in [-0.05, 0) is 5.56 Å². The highest BCUT2D eigenvalue weighted by molar-refractivity contribution is 6.50. The highest BCUT2D eigenvalue weighted by Crippen LogP contribution is 2.26. The number of aromatic nitrogens is 3. The summed E-state index contributed by atoms with van der Waals surface area (Å²) in [6, 6.07) is 9.24. The van der Waals surface area contributed by atoms with Crippen molar-refractivity contribution in [2.75, 3.05) is 6.61 Å². The highest BCUT2D eigenvalue weighted by Gasteiger charge is 2.35. The van der Waals surface area contributed by atoms with Crippen LogP contribution in [-0.4, -0.2) is 23.6 Å². The molecule has 0 aliphatic carbocycles. The van der Waals surface area contributed by atoms with Gasteiger partial charge in [-0.3, -0.25) is 0 Å². The van der Waals surface area contributed by atoms with Gasteiger partial charge in [-0.1, -0.05) is 35.0 Å². The van der Waals surface area contributed by atoms with Gasteiger partial charge >= 0.3 is 13.1 Å². The summed E-state index contributed by atoms with van der Waals surface area (Å²) in [6.45, 7) is 0.392. The Bertz CT molecular complexity index is 1070. The molecular formula is C18H13BF9N3O. The van der Waals surface area contributed by atoms with E-state index in [0.29, 0.717) is 23.5 Å². The zero-order valence-corrected chi connectivity index (χ0v) is 15.9. The normalized spacial score (nSPS) is 15.7. The second-order valence-corrected chi connectivity index (χ2v) is 6.66. The number of ether oxygens (including phenoxy) is 1. The lowest BCUT2D eigenvalue weighted by molar-refractivity contribution is -0.742. The number of hydrogen-bond donors (Lipinski definition) is 0. The van der Waals surface area contributed by atoms with Gasteiger partial charge in [-0.25, -0.2) is 17.7 Å². The van der Waals surface area contributed by atoms with Gasteiger partial charge in [0, 0.05) is 11.5 Å². The van der Waals surface area contributed by atoms with Crippen molar-refractivity contribution in [1.82, 2.24) is 9.78 Å². The van der Waals surface area contributed by atoms with Gasteiger partial charge in [-0.15, -0.1) is 0 Å². The Morgan fingerprint density at radius 1 is 0.906 bits per heavy atom. The Morgan fingerprint density at radius 2 is 1.44 bits per heavy atom. The van der Waals surface area contributed by atoms with Crippen LogP contribution in [0, 0.1) is 29.1 Å². The summed E-state index contributed by atoms with van der Waals surface area (Å²) in [4.78, 5) is 0. The maximum atomic E-state index is 14.1. The smallest absolute Gasteiger partial charge is 0.418 e. The van der Waals surface area contributed by atoms with Crippen molar-refractivity contribution < 1.29 is 48.5 Å². The molecule has 0 bridgehead atoms. The second kappa shape index (κ2) is 9.22. The average molecular weight is 469 g/mol. The number of halogens is 9. The first-order valence-corrected chi connectivity index (χ1v) is 8.97. The van der Waals surface area contributed by atoms with Crippen LogP contribution in [0.25, 0.3) is 5.69 Å². The fourth-order valence-corrected chi connectivity index (χ4v) is 3.11. The Kier molecular flexibility index (Phi) is 6.81. The molecule has 172 valence electrons. The summed E-state index contributed by atoms with van der Waals surface area (Å²) in [6.07, 6.45) is 1.78. The van der Waals surface area contributed by atoms with Crippen molar-refractivity contribution in [2.24, 2.45) is 0 Å². The van der Waals surface area contributed by atoms with E-state index in [1.165, 1.54) is 6.33 Å². The first-order chi connectivity index (χ1) is 15.0. The van der Waals surface area contributed by atoms with Gasteiger partial charge < -0.3 is 22.0 Å². The fourth-order valence-electron chi connectivity index (χ4n) is 3.11. The van der Waals surface area contributed by atoms with Gasteiger partial charge in [0.2, 0.25) is 41.1 Å². The average Bonchev–Trinajstić information content (AvgIpc) is 3.15. The van der Waals surface area contributed by atoms with Gasteiger partial charge in [-0.2, -0.15) is 8.78 Å². The van der Waals surface area contributed by atoms with Gasteiger partial charge in [0.05, 0.1) is 6.61 Å². The molecule has 0 fully saturated rings. The first kappa shape index (κ1) is 23.6. The summed E-state index contributed by atoms with van der Waals surface area (Å²) in [5.41, 5.74) is -0.109. The van der Waals surface area contributed by atoms with E-state index in [4.69, 9.17) is 4.74 Å². The minimum absolute atomic E-state index is 0.0632. The minimum Gasteiger partial charge on any atom is -0.418 e. The molecular weight excluding hydrogens is 456 g/mol. The maximum Gasteiger partial charge on any atom is 0.673 e. The van der Waals surface area contributed by atoms with Crippen LogP contribution < -0.4 is 4.57 Å². The topological polar surface area (TPSA) is 30.9 Å². The minimum atomic E-state index is -6.00. The van der Waals surface area contributed by atoms with E-state index in [1.54, 1.807) is 4.57 Å². The van der Waals surface area contributed by atoms with Crippen LogP contribution in [0.5, 0.6) is 0 Å². The van der Waals surface area contributed by atoms with Crippen LogP contribution in [-0.2, 0) is 17.8 Å². The number of nitrogens with zero attached hydrogens (tertiary/aromatic N) is 3. The SMILES string of the molecule is F[B-](F)(F)F.Fc1c(F)c(F)c(-n2c[n+]3c(n2)COC[C@H]3Cc2ccccc2)c(F)c1F. The van der Waals surface area contributed by atoms with Crippen molar-refractivity contribution in [1.29, 1.82) is 0 Å². The molecule has 2 heterocycles. The molecule has 4 nitrogen and oxygen atoms in total. The summed E-state index contributed by atoms with van der Waals surface area (Å²) in [5.74, 6) is -9.78. The lowest BCUT2D eigenvalue weighted by Crippen LogP contribution is -2.48. The zero-order chi connectivity index (χ0) is 23.6. The van der Waals surface area contributed by atoms with Crippen LogP contribution >= 0.6 is 0 Å². The molecule has 0 spiro atoms. The van der Waals surface area contributed by atoms with Gasteiger partial charge in [0.15, 0.2) is 0 Å². The van der Waals surface area contributed by atoms with Gasteiger partial charge in [0.1, 0.15) is 12.6 Å². The van der Waals surface area contributed by atoms with Crippen molar-refractivity contribution >= 4 is 7.25 Å². The molecule has 1 aliphatic rings. The van der Waals surface area contributed by atoms with E-state index in [2.05, 4.69) is 5.10 Å². The fraction of sp³-hybridized carbons (Fsp3) is 0.222. The zero-order valence-electron chi connectivity index (χ0n) is 15.9. The molecule has 0 radical (unpaired) electrons. The van der Waals surface area contributed by atoms with E-state index in [-0.39, 0.29) is 12.6 Å². The first-order valence-electron chi connectivity index (χ1n) is 8.97. The largest absolute Gasteiger partial charge is 0.673 e. The third-order valence-electron chi connectivity index (χ3n) is 4.42. The highest BCUT2D eigenvalue weighted by atomic mass is 19.5. The summed E-state index contributed by atoms with van der Waals surface area (Å²) in [5, 5.41) is 3.97. The Morgan fingerprint density at radius 3 is 2.00 bits per heavy atom. The maximum absolute atomic E-state index is 14.1. The van der Waals surface area contributed by atoms with Crippen LogP contribution in [0.3, 0.4) is 0 Å². The molecule has 32 heavy (non-hydrogen) atoms. The number of fused-ring (bicyclic) bond motifs is 1. The third-order valence-corrected chi connectivity index (χ3v) is 4.42. The molecule has 4 rings (SSSR count). The molecule has 0 saturated carbocycles. The standard InChI is InChI=1S/C18H13F5N3O.BF4/c19-13-14(20)16(22)18(17(23)15(13)21)26-9-25-11(7-27-8-12(25)24-26)6-10-4-2-1-3-5-10;2-1(3,4)5/h1-5,9,11H,6-8H2;/q+1;-1/t11-;/m1./s1. The lowest BCUT2D eigenvalue weighted by Gasteiger charge is -2.19. The molecule has 1 aliphatic heterocycles. The second-order valence-electron chi connectivity index (χ2n) is 6.66. The Labute approximate surface area is 175 Å². The number of hydrogen-bond acceptors (Lipinski definition) is 2. The molecule has 14 heteroatoms. The van der Waals surface area contributed by atoms with Crippen LogP contribution in [0.4, 0.5) is 39.2 Å². The van der Waals surface area contributed by atoms with Crippen LogP contribution in [0.2, 0.25) is 0 Å². The third kappa shape index (κ3) is 5.23. The van der Waals surface area contributed by atoms with E-state index in [9.17, 15) is 39.2 Å². The molecule has 0 amide bonds. The van der Waals surface area contributed by atoms with Crippen molar-refractivity contribution in [2.45, 2.75) is 19.1 Å². The van der Waals surface area contributed by atoms with E-state index in [0.717, 1.165) is 5.56 Å². The Balaban J connectivity index is 0.000000523. The molecule has 0 saturated heterocycles. The van der Waals surface area contributed by atoms with Crippen molar-refractivity contribution in [3.05, 3.63) is 77.1 Å². The van der Waals surface area contributed by atoms with Crippen LogP contribution in [0.15, 0.2) is 36.7 Å². The molecule has 0 unspecified atom stereocenters. The molecule has 1 atom stereocenters. The molecule has 3 aromatic rings. The summed E-state index contributed by atoms with van der Waals surface area (Å²) in [7, 11) is -6.00. The van der Waals surface area contributed by atoms with Crippen LogP contribution in [0.1, 0.15) is 17.4 Å². The summed E-state index contributed by atoms with van der Waals surface area (Å²) < 4.78 is 115. The number of benzene rings is 2. The van der Waals surface area contributed by atoms with E-state index < -0.39 is 42.0 Å².